The van der Waals surface area contributed by atoms with Gasteiger partial charge in [-0.2, -0.15) is 5.10 Å². The Labute approximate surface area is 150 Å². The lowest BCUT2D eigenvalue weighted by Crippen LogP contribution is -2.64. The molecule has 26 heavy (non-hydrogen) atoms. The molecule has 0 aliphatic carbocycles. The molecule has 0 radical (unpaired) electrons. The second kappa shape index (κ2) is 6.21. The van der Waals surface area contributed by atoms with E-state index in [0.717, 1.165) is 6.42 Å². The number of anilines is 1. The molecule has 1 aromatic heterocycles. The Morgan fingerprint density at radius 2 is 2.15 bits per heavy atom. The second-order valence-corrected chi connectivity index (χ2v) is 6.99. The number of hydrogen-bond donors (Lipinski definition) is 1. The van der Waals surface area contributed by atoms with Gasteiger partial charge in [-0.05, 0) is 37.7 Å². The molecule has 1 N–H and O–H groups in total. The Hall–Kier alpha value is -2.74. The van der Waals surface area contributed by atoms with Gasteiger partial charge in [0, 0.05) is 31.5 Å². The lowest BCUT2D eigenvalue weighted by Gasteiger charge is -2.46. The molecule has 2 amide bonds. The number of amides is 2. The summed E-state index contributed by atoms with van der Waals surface area (Å²) in [5, 5.41) is 6.54. The monoisotopic (exact) mass is 357 g/mol. The summed E-state index contributed by atoms with van der Waals surface area (Å²) >= 11 is 0. The highest BCUT2D eigenvalue weighted by Crippen LogP contribution is 2.34. The number of nitrogens with one attached hydrogen (secondary N) is 1. The molecule has 2 aromatic rings. The van der Waals surface area contributed by atoms with Crippen LogP contribution in [-0.4, -0.2) is 70.6 Å². The standard InChI is InChI=1S/C18H20FN5O2/c1-22-10-16(25)24(14-4-2-3-13(19)9-14)12-18(22)6-8-23(11-18)17(26)15-5-7-20-21-15/h2-5,7,9H,6,8,10-12H2,1H3,(H,20,21). The minimum Gasteiger partial charge on any atom is -0.335 e. The zero-order valence-corrected chi connectivity index (χ0v) is 14.5. The summed E-state index contributed by atoms with van der Waals surface area (Å²) in [6.07, 6.45) is 2.30. The number of likely N-dealkylation sites (N-methyl/N-ethyl adjacent to an activating group) is 1. The molecule has 4 rings (SSSR count). The minimum absolute atomic E-state index is 0.0675. The lowest BCUT2D eigenvalue weighted by molar-refractivity contribution is -0.123. The van der Waals surface area contributed by atoms with Gasteiger partial charge in [0.25, 0.3) is 5.91 Å². The van der Waals surface area contributed by atoms with Crippen LogP contribution in [0.2, 0.25) is 0 Å². The first-order valence-corrected chi connectivity index (χ1v) is 8.54. The maximum absolute atomic E-state index is 13.6. The van der Waals surface area contributed by atoms with Crippen LogP contribution in [-0.2, 0) is 4.79 Å². The molecule has 7 nitrogen and oxygen atoms in total. The molecule has 2 aliphatic rings. The highest BCUT2D eigenvalue weighted by molar-refractivity contribution is 5.96. The molecule has 3 heterocycles. The van der Waals surface area contributed by atoms with Crippen molar-refractivity contribution in [1.29, 1.82) is 0 Å². The number of likely N-dealkylation sites (tertiary alicyclic amines) is 1. The van der Waals surface area contributed by atoms with Gasteiger partial charge in [-0.25, -0.2) is 4.39 Å². The third-order valence-corrected chi connectivity index (χ3v) is 5.41. The Kier molecular flexibility index (Phi) is 3.99. The van der Waals surface area contributed by atoms with Gasteiger partial charge in [0.2, 0.25) is 5.91 Å². The highest BCUT2D eigenvalue weighted by Gasteiger charge is 2.48. The summed E-state index contributed by atoms with van der Waals surface area (Å²) in [4.78, 5) is 30.6. The SMILES string of the molecule is CN1CC(=O)N(c2cccc(F)c2)CC12CCN(C(=O)c1ccn[nH]1)C2. The summed E-state index contributed by atoms with van der Waals surface area (Å²) in [5.74, 6) is -0.533. The van der Waals surface area contributed by atoms with Crippen molar-refractivity contribution < 1.29 is 14.0 Å². The number of rotatable bonds is 2. The van der Waals surface area contributed by atoms with Crippen LogP contribution in [0.25, 0.3) is 0 Å². The number of aromatic amines is 1. The zero-order valence-electron chi connectivity index (χ0n) is 14.5. The van der Waals surface area contributed by atoms with Crippen molar-refractivity contribution in [3.8, 4) is 0 Å². The molecule has 1 spiro atoms. The maximum atomic E-state index is 13.6. The molecule has 2 fully saturated rings. The molecular weight excluding hydrogens is 337 g/mol. The maximum Gasteiger partial charge on any atom is 0.271 e. The van der Waals surface area contributed by atoms with Crippen LogP contribution in [0.3, 0.4) is 0 Å². The predicted molar refractivity (Wildman–Crippen MR) is 93.2 cm³/mol. The number of halogens is 1. The van der Waals surface area contributed by atoms with Crippen LogP contribution in [0, 0.1) is 5.82 Å². The predicted octanol–water partition coefficient (Wildman–Crippen LogP) is 1.11. The molecule has 2 aliphatic heterocycles. The molecule has 1 unspecified atom stereocenters. The van der Waals surface area contributed by atoms with Gasteiger partial charge in [0.1, 0.15) is 11.5 Å². The van der Waals surface area contributed by atoms with E-state index in [-0.39, 0.29) is 29.7 Å². The van der Waals surface area contributed by atoms with Crippen LogP contribution >= 0.6 is 0 Å². The van der Waals surface area contributed by atoms with E-state index in [2.05, 4.69) is 10.2 Å². The number of carbonyl (C=O) groups excluding carboxylic acids is 2. The number of aromatic nitrogens is 2. The van der Waals surface area contributed by atoms with E-state index < -0.39 is 0 Å². The Morgan fingerprint density at radius 3 is 2.88 bits per heavy atom. The fourth-order valence-corrected chi connectivity index (χ4v) is 3.85. The molecule has 0 bridgehead atoms. The summed E-state index contributed by atoms with van der Waals surface area (Å²) < 4.78 is 13.6. The molecule has 2 saturated heterocycles. The van der Waals surface area contributed by atoms with Crippen LogP contribution < -0.4 is 4.90 Å². The molecule has 0 saturated carbocycles. The Bertz CT molecular complexity index is 840. The van der Waals surface area contributed by atoms with E-state index >= 15 is 0 Å². The van der Waals surface area contributed by atoms with Crippen molar-refractivity contribution in [3.63, 3.8) is 0 Å². The Morgan fingerprint density at radius 1 is 1.31 bits per heavy atom. The molecular formula is C18H20FN5O2. The number of nitrogens with zero attached hydrogens (tertiary/aromatic N) is 4. The molecule has 1 aromatic carbocycles. The first kappa shape index (κ1) is 16.7. The summed E-state index contributed by atoms with van der Waals surface area (Å²) in [6.45, 7) is 1.79. The van der Waals surface area contributed by atoms with Crippen molar-refractivity contribution in [2.75, 3.05) is 38.1 Å². The molecule has 136 valence electrons. The van der Waals surface area contributed by atoms with E-state index in [9.17, 15) is 14.0 Å². The van der Waals surface area contributed by atoms with Crippen LogP contribution in [0.4, 0.5) is 10.1 Å². The van der Waals surface area contributed by atoms with Gasteiger partial charge in [-0.15, -0.1) is 0 Å². The quantitative estimate of drug-likeness (QED) is 0.874. The van der Waals surface area contributed by atoms with Crippen molar-refractivity contribution in [2.45, 2.75) is 12.0 Å². The van der Waals surface area contributed by atoms with Gasteiger partial charge in [-0.1, -0.05) is 6.07 Å². The number of hydrogen-bond acceptors (Lipinski definition) is 4. The van der Waals surface area contributed by atoms with Crippen molar-refractivity contribution in [1.82, 2.24) is 20.0 Å². The van der Waals surface area contributed by atoms with Crippen molar-refractivity contribution in [2.24, 2.45) is 0 Å². The highest BCUT2D eigenvalue weighted by atomic mass is 19.1. The average Bonchev–Trinajstić information content (AvgIpc) is 3.29. The van der Waals surface area contributed by atoms with E-state index in [4.69, 9.17) is 0 Å². The summed E-state index contributed by atoms with van der Waals surface area (Å²) in [5.41, 5.74) is 0.676. The largest absolute Gasteiger partial charge is 0.335 e. The zero-order chi connectivity index (χ0) is 18.3. The van der Waals surface area contributed by atoms with E-state index in [0.29, 0.717) is 31.0 Å². The molecule has 1 atom stereocenters. The number of piperazine rings is 1. The van der Waals surface area contributed by atoms with Crippen molar-refractivity contribution in [3.05, 3.63) is 48.0 Å². The number of benzene rings is 1. The normalized spacial score (nSPS) is 23.8. The van der Waals surface area contributed by atoms with Gasteiger partial charge in [0.15, 0.2) is 0 Å². The third-order valence-electron chi connectivity index (χ3n) is 5.41. The van der Waals surface area contributed by atoms with E-state index in [1.165, 1.54) is 12.1 Å². The smallest absolute Gasteiger partial charge is 0.271 e. The van der Waals surface area contributed by atoms with Crippen LogP contribution in [0.5, 0.6) is 0 Å². The van der Waals surface area contributed by atoms with Gasteiger partial charge in [0.05, 0.1) is 12.1 Å². The van der Waals surface area contributed by atoms with Crippen LogP contribution in [0.1, 0.15) is 16.9 Å². The van der Waals surface area contributed by atoms with Crippen LogP contribution in [0.15, 0.2) is 36.5 Å². The van der Waals surface area contributed by atoms with Gasteiger partial charge < -0.3 is 9.80 Å². The lowest BCUT2D eigenvalue weighted by atomic mass is 9.92. The number of carbonyl (C=O) groups is 2. The fourth-order valence-electron chi connectivity index (χ4n) is 3.85. The molecule has 8 heteroatoms. The van der Waals surface area contributed by atoms with Crippen molar-refractivity contribution >= 4 is 17.5 Å². The first-order chi connectivity index (χ1) is 12.5. The van der Waals surface area contributed by atoms with Gasteiger partial charge >= 0.3 is 0 Å². The fraction of sp³-hybridized carbons (Fsp3) is 0.389. The van der Waals surface area contributed by atoms with Gasteiger partial charge in [-0.3, -0.25) is 19.6 Å². The second-order valence-electron chi connectivity index (χ2n) is 6.99. The third kappa shape index (κ3) is 2.76. The number of H-pyrrole nitrogens is 1. The van der Waals surface area contributed by atoms with E-state index in [1.54, 1.807) is 34.2 Å². The minimum atomic E-state index is -0.370. The van der Waals surface area contributed by atoms with E-state index in [1.807, 2.05) is 11.9 Å². The summed E-state index contributed by atoms with van der Waals surface area (Å²) in [6, 6.07) is 7.73. The Balaban J connectivity index is 1.57. The average molecular weight is 357 g/mol. The summed E-state index contributed by atoms with van der Waals surface area (Å²) in [7, 11) is 1.91. The topological polar surface area (TPSA) is 72.5 Å². The first-order valence-electron chi connectivity index (χ1n) is 8.54.